The monoisotopic (exact) mass is 162 g/mol. The van der Waals surface area contributed by atoms with Crippen molar-refractivity contribution in [2.75, 3.05) is 5.32 Å². The number of nitrogens with zero attached hydrogens (tertiary/aromatic N) is 1. The molecule has 0 saturated heterocycles. The fraction of sp³-hybridized carbons (Fsp3) is 0. The van der Waals surface area contributed by atoms with Crippen molar-refractivity contribution in [2.45, 2.75) is 0 Å². The first kappa shape index (κ1) is 6.84. The van der Waals surface area contributed by atoms with Gasteiger partial charge in [-0.25, -0.2) is 0 Å². The van der Waals surface area contributed by atoms with Crippen LogP contribution in [0.5, 0.6) is 0 Å². The molecule has 0 spiro atoms. The average molecular weight is 162 g/mol. The van der Waals surface area contributed by atoms with Crippen LogP contribution in [0.15, 0.2) is 24.3 Å². The Balaban J connectivity index is 0.000000845. The molecule has 0 atom stereocenters. The Morgan fingerprint density at radius 3 is 3.17 bits per heavy atom. The van der Waals surface area contributed by atoms with Gasteiger partial charge >= 0.3 is 1.43 Å². The van der Waals surface area contributed by atoms with Crippen molar-refractivity contribution in [3.8, 4) is 0 Å². The molecule has 2 aromatic rings. The van der Waals surface area contributed by atoms with Gasteiger partial charge in [0.25, 0.3) is 0 Å². The molecule has 1 heterocycles. The van der Waals surface area contributed by atoms with Crippen LogP contribution in [0.4, 0.5) is 5.82 Å². The molecule has 1 aromatic heterocycles. The largest absolute Gasteiger partial charge is 1.00 e. The Labute approximate surface area is 70.1 Å². The number of amides is 1. The number of H-pyrrole nitrogens is 1. The highest BCUT2D eigenvalue weighted by molar-refractivity contribution is 5.93. The zero-order valence-electron chi connectivity index (χ0n) is 7.24. The highest BCUT2D eigenvalue weighted by Gasteiger charge is 2.01. The maximum absolute atomic E-state index is 10.2. The van der Waals surface area contributed by atoms with Gasteiger partial charge in [0.1, 0.15) is 0 Å². The van der Waals surface area contributed by atoms with Gasteiger partial charge in [-0.15, -0.1) is 0 Å². The predicted octanol–water partition coefficient (Wildman–Crippen LogP) is 1.24. The van der Waals surface area contributed by atoms with E-state index in [0.29, 0.717) is 12.2 Å². The summed E-state index contributed by atoms with van der Waals surface area (Å²) in [5.41, 5.74) is 0.918. The second-order valence-corrected chi connectivity index (χ2v) is 2.38. The van der Waals surface area contributed by atoms with Crippen molar-refractivity contribution < 1.29 is 6.22 Å². The summed E-state index contributed by atoms with van der Waals surface area (Å²) in [6.45, 7) is 0. The molecule has 60 valence electrons. The minimum Gasteiger partial charge on any atom is -0.311 e. The molecule has 1 amide bonds. The van der Waals surface area contributed by atoms with E-state index in [0.717, 1.165) is 10.9 Å². The van der Waals surface area contributed by atoms with E-state index in [2.05, 4.69) is 15.5 Å². The normalized spacial score (nSPS) is 10.0. The Hall–Kier alpha value is -1.84. The maximum atomic E-state index is 10.2. The van der Waals surface area contributed by atoms with Gasteiger partial charge in [0, 0.05) is 5.39 Å². The average Bonchev–Trinajstić information content (AvgIpc) is 2.50. The summed E-state index contributed by atoms with van der Waals surface area (Å²) < 4.78 is 0. The van der Waals surface area contributed by atoms with Crippen LogP contribution in [0.3, 0.4) is 0 Å². The molecule has 0 fully saturated rings. The number of hydrogen-bond donors (Lipinski definition) is 2. The lowest BCUT2D eigenvalue weighted by molar-refractivity contribution is -0.105. The predicted molar refractivity (Wildman–Crippen MR) is 46.9 cm³/mol. The zero-order valence-corrected chi connectivity index (χ0v) is 6.24. The quantitative estimate of drug-likeness (QED) is 0.653. The fourth-order valence-electron chi connectivity index (χ4n) is 1.13. The Morgan fingerprint density at radius 2 is 2.33 bits per heavy atom. The maximum Gasteiger partial charge on any atom is 1.00 e. The molecule has 0 radical (unpaired) electrons. The number of fused-ring (bicyclic) bond motifs is 1. The first-order chi connectivity index (χ1) is 5.92. The van der Waals surface area contributed by atoms with Gasteiger partial charge in [-0.1, -0.05) is 12.1 Å². The summed E-state index contributed by atoms with van der Waals surface area (Å²) >= 11 is 0. The fourth-order valence-corrected chi connectivity index (χ4v) is 1.13. The summed E-state index contributed by atoms with van der Waals surface area (Å²) in [4.78, 5) is 10.2. The number of hydrogen-bond acceptors (Lipinski definition) is 2. The van der Waals surface area contributed by atoms with Crippen molar-refractivity contribution in [1.29, 1.82) is 0 Å². The number of carbonyl (C=O) groups excluding carboxylic acids is 1. The molecule has 2 rings (SSSR count). The van der Waals surface area contributed by atoms with Crippen LogP contribution in [0.25, 0.3) is 10.9 Å². The molecule has 0 aliphatic rings. The Morgan fingerprint density at radius 1 is 1.50 bits per heavy atom. The number of benzene rings is 1. The minimum absolute atomic E-state index is 0. The van der Waals surface area contributed by atoms with Gasteiger partial charge in [-0.05, 0) is 12.1 Å². The highest BCUT2D eigenvalue weighted by atomic mass is 16.1. The van der Waals surface area contributed by atoms with E-state index >= 15 is 0 Å². The SMILES string of the molecule is O=CNc1n[nH]c2ccccc12.[H+]. The third-order valence-electron chi connectivity index (χ3n) is 1.67. The Kier molecular flexibility index (Phi) is 1.51. The number of rotatable bonds is 2. The number of aromatic amines is 1. The van der Waals surface area contributed by atoms with Gasteiger partial charge in [-0.2, -0.15) is 5.10 Å². The summed E-state index contributed by atoms with van der Waals surface area (Å²) in [5.74, 6) is 0.570. The van der Waals surface area contributed by atoms with Gasteiger partial charge < -0.3 is 5.32 Å². The molecule has 0 bridgehead atoms. The molecule has 0 aliphatic heterocycles. The van der Waals surface area contributed by atoms with Crippen LogP contribution in [0.2, 0.25) is 0 Å². The second-order valence-electron chi connectivity index (χ2n) is 2.38. The van der Waals surface area contributed by atoms with Gasteiger partial charge in [0.15, 0.2) is 5.82 Å². The third kappa shape index (κ3) is 0.934. The van der Waals surface area contributed by atoms with E-state index in [4.69, 9.17) is 0 Å². The van der Waals surface area contributed by atoms with E-state index < -0.39 is 0 Å². The number of anilines is 1. The standard InChI is InChI=1S/C8H7N3O/c12-5-9-8-6-3-1-2-4-7(6)10-11-8/h1-5H,(H2,9,10,11,12)/p+1. The summed E-state index contributed by atoms with van der Waals surface area (Å²) in [6.07, 6.45) is 0.614. The zero-order chi connectivity index (χ0) is 8.39. The third-order valence-corrected chi connectivity index (χ3v) is 1.67. The summed E-state index contributed by atoms with van der Waals surface area (Å²) in [7, 11) is 0. The molecule has 0 aliphatic carbocycles. The first-order valence-corrected chi connectivity index (χ1v) is 3.55. The van der Waals surface area contributed by atoms with Crippen molar-refractivity contribution in [1.82, 2.24) is 10.2 Å². The molecular weight excluding hydrogens is 154 g/mol. The van der Waals surface area contributed by atoms with E-state index in [9.17, 15) is 4.79 Å². The van der Waals surface area contributed by atoms with E-state index in [1.54, 1.807) is 0 Å². The molecule has 12 heavy (non-hydrogen) atoms. The van der Waals surface area contributed by atoms with Crippen molar-refractivity contribution in [3.63, 3.8) is 0 Å². The second kappa shape index (κ2) is 2.65. The Bertz CT molecular complexity index is 412. The molecule has 1 aromatic carbocycles. The van der Waals surface area contributed by atoms with Gasteiger partial charge in [0.2, 0.25) is 6.41 Å². The van der Waals surface area contributed by atoms with Gasteiger partial charge in [-0.3, -0.25) is 9.89 Å². The molecular formula is C8H8N3O+. The number of nitrogens with one attached hydrogen (secondary N) is 2. The lowest BCUT2D eigenvalue weighted by atomic mass is 10.2. The number of para-hydroxylation sites is 1. The lowest BCUT2D eigenvalue weighted by Crippen LogP contribution is -1.93. The number of aromatic nitrogens is 2. The van der Waals surface area contributed by atoms with E-state index in [-0.39, 0.29) is 1.43 Å². The van der Waals surface area contributed by atoms with E-state index in [1.807, 2.05) is 24.3 Å². The van der Waals surface area contributed by atoms with E-state index in [1.165, 1.54) is 0 Å². The molecule has 4 heteroatoms. The lowest BCUT2D eigenvalue weighted by Gasteiger charge is -1.90. The van der Waals surface area contributed by atoms with Crippen LogP contribution in [-0.4, -0.2) is 16.6 Å². The van der Waals surface area contributed by atoms with Crippen LogP contribution < -0.4 is 5.32 Å². The topological polar surface area (TPSA) is 57.8 Å². The molecule has 4 nitrogen and oxygen atoms in total. The van der Waals surface area contributed by atoms with Crippen molar-refractivity contribution >= 4 is 23.1 Å². The molecule has 0 saturated carbocycles. The minimum atomic E-state index is 0. The summed E-state index contributed by atoms with van der Waals surface area (Å²) in [5, 5.41) is 10.1. The smallest absolute Gasteiger partial charge is 0.311 e. The van der Waals surface area contributed by atoms with Crippen LogP contribution in [-0.2, 0) is 4.79 Å². The van der Waals surface area contributed by atoms with Crippen molar-refractivity contribution in [2.24, 2.45) is 0 Å². The van der Waals surface area contributed by atoms with Crippen molar-refractivity contribution in [3.05, 3.63) is 24.3 Å². The molecule has 2 N–H and O–H groups in total. The van der Waals surface area contributed by atoms with Gasteiger partial charge in [0.05, 0.1) is 5.52 Å². The van der Waals surface area contributed by atoms with Crippen LogP contribution >= 0.6 is 0 Å². The number of carbonyl (C=O) groups is 1. The highest BCUT2D eigenvalue weighted by Crippen LogP contribution is 2.18. The molecule has 0 unspecified atom stereocenters. The first-order valence-electron chi connectivity index (χ1n) is 3.55. The van der Waals surface area contributed by atoms with Crippen LogP contribution in [0, 0.1) is 0 Å². The van der Waals surface area contributed by atoms with Crippen LogP contribution in [0.1, 0.15) is 1.43 Å². The summed E-state index contributed by atoms with van der Waals surface area (Å²) in [6, 6.07) is 7.60.